The van der Waals surface area contributed by atoms with Crippen LogP contribution in [-0.2, 0) is 20.1 Å². The minimum atomic E-state index is -1.16. The average Bonchev–Trinajstić information content (AvgIpc) is 2.39. The number of nitrogens with one attached hydrogen (secondary N) is 1. The van der Waals surface area contributed by atoms with Gasteiger partial charge in [0.05, 0.1) is 12.5 Å². The fraction of sp³-hybridized carbons (Fsp3) is 0.467. The van der Waals surface area contributed by atoms with E-state index in [-0.39, 0.29) is 18.3 Å². The molecule has 2 rings (SSSR count). The molecule has 0 saturated carbocycles. The zero-order valence-electron chi connectivity index (χ0n) is 11.6. The fourth-order valence-corrected chi connectivity index (χ4v) is 2.68. The van der Waals surface area contributed by atoms with Crippen LogP contribution >= 0.6 is 0 Å². The highest BCUT2D eigenvalue weighted by Crippen LogP contribution is 2.36. The second-order valence-corrected chi connectivity index (χ2v) is 5.15. The predicted octanol–water partition coefficient (Wildman–Crippen LogP) is 1.91. The van der Waals surface area contributed by atoms with Crippen molar-refractivity contribution in [2.24, 2.45) is 5.73 Å². The zero-order valence-corrected chi connectivity index (χ0v) is 11.6. The maximum absolute atomic E-state index is 12.0. The molecule has 2 atom stereocenters. The monoisotopic (exact) mass is 276 g/mol. The fourth-order valence-electron chi connectivity index (χ4n) is 2.68. The van der Waals surface area contributed by atoms with Crippen molar-refractivity contribution in [3.63, 3.8) is 0 Å². The topological polar surface area (TPSA) is 81.4 Å². The van der Waals surface area contributed by atoms with Crippen molar-refractivity contribution in [3.05, 3.63) is 29.8 Å². The molecule has 0 aliphatic carbocycles. The standard InChI is InChI=1S/C15H20N2O3/c1-2-5-12-8-11(19)9-15(16,20-12)13-6-3-4-7-14(13)17-10-18/h3-4,6-7,10,12H,2,5,8-9,16H2,1H3,(H,17,18)/t12-,15+/m1/s1. The Hall–Kier alpha value is -1.72. The Morgan fingerprint density at radius 2 is 2.25 bits per heavy atom. The number of para-hydroxylation sites is 1. The molecule has 0 radical (unpaired) electrons. The van der Waals surface area contributed by atoms with E-state index in [1.54, 1.807) is 18.2 Å². The number of anilines is 1. The van der Waals surface area contributed by atoms with Crippen LogP contribution in [0.25, 0.3) is 0 Å². The second-order valence-electron chi connectivity index (χ2n) is 5.15. The molecular weight excluding hydrogens is 256 g/mol. The minimum absolute atomic E-state index is 0.0955. The van der Waals surface area contributed by atoms with Crippen LogP contribution in [0.4, 0.5) is 5.69 Å². The molecule has 0 bridgehead atoms. The van der Waals surface area contributed by atoms with Crippen LogP contribution in [0.3, 0.4) is 0 Å². The van der Waals surface area contributed by atoms with Crippen molar-refractivity contribution in [2.45, 2.75) is 44.4 Å². The lowest BCUT2D eigenvalue weighted by atomic mass is 9.90. The Morgan fingerprint density at radius 1 is 1.50 bits per heavy atom. The predicted molar refractivity (Wildman–Crippen MR) is 76.0 cm³/mol. The van der Waals surface area contributed by atoms with E-state index in [1.807, 2.05) is 13.0 Å². The van der Waals surface area contributed by atoms with E-state index in [1.165, 1.54) is 0 Å². The number of ether oxygens (including phenoxy) is 1. The van der Waals surface area contributed by atoms with Crippen molar-refractivity contribution < 1.29 is 14.3 Å². The first-order valence-electron chi connectivity index (χ1n) is 6.87. The van der Waals surface area contributed by atoms with Crippen molar-refractivity contribution in [1.29, 1.82) is 0 Å². The number of carbonyl (C=O) groups excluding carboxylic acids is 2. The normalized spacial score (nSPS) is 26.3. The molecule has 108 valence electrons. The van der Waals surface area contributed by atoms with Gasteiger partial charge in [-0.15, -0.1) is 0 Å². The van der Waals surface area contributed by atoms with Gasteiger partial charge < -0.3 is 10.1 Å². The van der Waals surface area contributed by atoms with Gasteiger partial charge in [0.15, 0.2) is 5.72 Å². The van der Waals surface area contributed by atoms with Gasteiger partial charge in [-0.25, -0.2) is 0 Å². The summed E-state index contributed by atoms with van der Waals surface area (Å²) in [6, 6.07) is 7.15. The highest BCUT2D eigenvalue weighted by atomic mass is 16.5. The molecule has 0 spiro atoms. The van der Waals surface area contributed by atoms with Crippen LogP contribution in [0, 0.1) is 0 Å². The number of benzene rings is 1. The minimum Gasteiger partial charge on any atom is -0.352 e. The summed E-state index contributed by atoms with van der Waals surface area (Å²) in [4.78, 5) is 22.6. The van der Waals surface area contributed by atoms with E-state index >= 15 is 0 Å². The van der Waals surface area contributed by atoms with Crippen LogP contribution < -0.4 is 11.1 Å². The Labute approximate surface area is 118 Å². The molecule has 0 unspecified atom stereocenters. The average molecular weight is 276 g/mol. The first-order chi connectivity index (χ1) is 9.59. The van der Waals surface area contributed by atoms with Crippen LogP contribution in [0.1, 0.15) is 38.2 Å². The summed E-state index contributed by atoms with van der Waals surface area (Å²) in [7, 11) is 0. The third kappa shape index (κ3) is 3.05. The second kappa shape index (κ2) is 6.15. The van der Waals surface area contributed by atoms with Crippen LogP contribution in [0.15, 0.2) is 24.3 Å². The van der Waals surface area contributed by atoms with Crippen LogP contribution in [0.5, 0.6) is 0 Å². The van der Waals surface area contributed by atoms with E-state index in [4.69, 9.17) is 10.5 Å². The third-order valence-electron chi connectivity index (χ3n) is 3.50. The Bertz CT molecular complexity index is 504. The SMILES string of the molecule is CCC[C@@H]1CC(=O)C[C@@](N)(c2ccccc2NC=O)O1. The first-order valence-corrected chi connectivity index (χ1v) is 6.87. The maximum Gasteiger partial charge on any atom is 0.211 e. The third-order valence-corrected chi connectivity index (χ3v) is 3.50. The number of hydrogen-bond donors (Lipinski definition) is 2. The lowest BCUT2D eigenvalue weighted by Crippen LogP contribution is -2.49. The molecule has 1 fully saturated rings. The number of rotatable bonds is 5. The molecule has 5 nitrogen and oxygen atoms in total. The number of carbonyl (C=O) groups is 2. The molecule has 1 aliphatic heterocycles. The van der Waals surface area contributed by atoms with Gasteiger partial charge in [0.1, 0.15) is 5.78 Å². The molecule has 1 aromatic carbocycles. The number of Topliss-reactive ketones (excluding diaryl/α,β-unsaturated/α-hetero) is 1. The Kier molecular flexibility index (Phi) is 4.52. The van der Waals surface area contributed by atoms with Gasteiger partial charge in [-0.05, 0) is 12.5 Å². The highest BCUT2D eigenvalue weighted by Gasteiger charge is 2.40. The van der Waals surface area contributed by atoms with E-state index in [2.05, 4.69) is 5.32 Å². The molecule has 1 aromatic rings. The zero-order chi connectivity index (χ0) is 14.6. The summed E-state index contributed by atoms with van der Waals surface area (Å²) in [5, 5.41) is 2.61. The summed E-state index contributed by atoms with van der Waals surface area (Å²) >= 11 is 0. The molecule has 20 heavy (non-hydrogen) atoms. The summed E-state index contributed by atoms with van der Waals surface area (Å²) in [6.45, 7) is 2.04. The van der Waals surface area contributed by atoms with E-state index in [0.29, 0.717) is 24.1 Å². The lowest BCUT2D eigenvalue weighted by molar-refractivity contribution is -0.158. The van der Waals surface area contributed by atoms with Crippen molar-refractivity contribution in [2.75, 3.05) is 5.32 Å². The number of amides is 1. The first kappa shape index (κ1) is 14.7. The van der Waals surface area contributed by atoms with Gasteiger partial charge in [-0.2, -0.15) is 0 Å². The molecule has 1 heterocycles. The summed E-state index contributed by atoms with van der Waals surface area (Å²) < 4.78 is 5.96. The van der Waals surface area contributed by atoms with Crippen LogP contribution in [-0.4, -0.2) is 18.3 Å². The highest BCUT2D eigenvalue weighted by molar-refractivity contribution is 5.82. The van der Waals surface area contributed by atoms with E-state index in [0.717, 1.165) is 12.8 Å². The van der Waals surface area contributed by atoms with E-state index in [9.17, 15) is 9.59 Å². The maximum atomic E-state index is 12.0. The largest absolute Gasteiger partial charge is 0.352 e. The van der Waals surface area contributed by atoms with Gasteiger partial charge in [-0.3, -0.25) is 15.3 Å². The van der Waals surface area contributed by atoms with Crippen molar-refractivity contribution >= 4 is 17.9 Å². The quantitative estimate of drug-likeness (QED) is 0.805. The summed E-state index contributed by atoms with van der Waals surface area (Å²) in [5.41, 5.74) is 6.38. The molecule has 3 N–H and O–H groups in total. The van der Waals surface area contributed by atoms with E-state index < -0.39 is 5.72 Å². The number of hydrogen-bond acceptors (Lipinski definition) is 4. The van der Waals surface area contributed by atoms with Crippen molar-refractivity contribution in [1.82, 2.24) is 0 Å². The molecule has 1 saturated heterocycles. The van der Waals surface area contributed by atoms with Crippen LogP contribution in [0.2, 0.25) is 0 Å². The smallest absolute Gasteiger partial charge is 0.211 e. The molecular formula is C15H20N2O3. The van der Waals surface area contributed by atoms with Gasteiger partial charge >= 0.3 is 0 Å². The molecule has 1 amide bonds. The van der Waals surface area contributed by atoms with Gasteiger partial charge in [0.2, 0.25) is 6.41 Å². The summed E-state index contributed by atoms with van der Waals surface area (Å²) in [5.74, 6) is 0.0955. The van der Waals surface area contributed by atoms with Gasteiger partial charge in [0, 0.05) is 17.7 Å². The Balaban J connectivity index is 2.33. The number of nitrogens with two attached hydrogens (primary N) is 1. The molecule has 5 heteroatoms. The summed E-state index contributed by atoms with van der Waals surface area (Å²) in [6.07, 6.45) is 2.71. The lowest BCUT2D eigenvalue weighted by Gasteiger charge is -2.38. The van der Waals surface area contributed by atoms with Gasteiger partial charge in [-0.1, -0.05) is 31.5 Å². The Morgan fingerprint density at radius 3 is 2.95 bits per heavy atom. The van der Waals surface area contributed by atoms with Gasteiger partial charge in [0.25, 0.3) is 0 Å². The van der Waals surface area contributed by atoms with Crippen molar-refractivity contribution in [3.8, 4) is 0 Å². The number of ketones is 1. The molecule has 1 aliphatic rings. The molecule has 0 aromatic heterocycles.